The van der Waals surface area contributed by atoms with Crippen LogP contribution in [-0.4, -0.2) is 19.0 Å². The Morgan fingerprint density at radius 3 is 2.95 bits per heavy atom. The van der Waals surface area contributed by atoms with Crippen molar-refractivity contribution in [3.05, 3.63) is 45.6 Å². The standard InChI is InChI=1S/C12H16FN5O/c1-8-3-4-9(7-10(8)13)11(12(14)19)16-5-2-6-17-18-15/h3-4,7,11,16H,2,5-6H2,1H3,(H2,14,19). The molecule has 0 saturated heterocycles. The maximum absolute atomic E-state index is 13.5. The molecule has 0 saturated carbocycles. The van der Waals surface area contributed by atoms with Crippen LogP contribution in [-0.2, 0) is 4.79 Å². The summed E-state index contributed by atoms with van der Waals surface area (Å²) < 4.78 is 13.5. The first-order valence-electron chi connectivity index (χ1n) is 5.86. The fourth-order valence-corrected chi connectivity index (χ4v) is 1.61. The average Bonchev–Trinajstić information content (AvgIpc) is 2.37. The Hall–Kier alpha value is -2.11. The summed E-state index contributed by atoms with van der Waals surface area (Å²) in [6.45, 7) is 2.42. The number of carbonyl (C=O) groups excluding carboxylic acids is 1. The molecule has 6 nitrogen and oxygen atoms in total. The first-order valence-corrected chi connectivity index (χ1v) is 5.86. The molecule has 0 fully saturated rings. The molecule has 0 aromatic heterocycles. The van der Waals surface area contributed by atoms with Crippen molar-refractivity contribution in [2.75, 3.05) is 13.1 Å². The van der Waals surface area contributed by atoms with Crippen molar-refractivity contribution in [3.8, 4) is 0 Å². The Balaban J connectivity index is 2.69. The normalized spacial score (nSPS) is 11.7. The SMILES string of the molecule is Cc1ccc(C(NCCCN=[N+]=[N-])C(N)=O)cc1F. The van der Waals surface area contributed by atoms with Gasteiger partial charge in [-0.3, -0.25) is 4.79 Å². The summed E-state index contributed by atoms with van der Waals surface area (Å²) in [5.41, 5.74) is 14.4. The summed E-state index contributed by atoms with van der Waals surface area (Å²) in [6.07, 6.45) is 0.572. The first kappa shape index (κ1) is 14.9. The predicted octanol–water partition coefficient (Wildman–Crippen LogP) is 1.95. The van der Waals surface area contributed by atoms with Gasteiger partial charge in [-0.2, -0.15) is 0 Å². The van der Waals surface area contributed by atoms with Gasteiger partial charge in [-0.1, -0.05) is 17.2 Å². The Kier molecular flexibility index (Phi) is 5.78. The number of aryl methyl sites for hydroxylation is 1. The van der Waals surface area contributed by atoms with Gasteiger partial charge in [0.2, 0.25) is 5.91 Å². The summed E-state index contributed by atoms with van der Waals surface area (Å²) in [5, 5.41) is 6.29. The molecule has 1 rings (SSSR count). The van der Waals surface area contributed by atoms with E-state index in [0.717, 1.165) is 0 Å². The van der Waals surface area contributed by atoms with Crippen LogP contribution >= 0.6 is 0 Å². The molecule has 0 aliphatic rings. The zero-order valence-corrected chi connectivity index (χ0v) is 10.6. The molecule has 1 amide bonds. The molecule has 19 heavy (non-hydrogen) atoms. The fourth-order valence-electron chi connectivity index (χ4n) is 1.61. The van der Waals surface area contributed by atoms with Crippen LogP contribution in [0, 0.1) is 12.7 Å². The number of nitrogens with zero attached hydrogens (tertiary/aromatic N) is 3. The third kappa shape index (κ3) is 4.57. The molecule has 1 atom stereocenters. The number of hydrogen-bond acceptors (Lipinski definition) is 3. The number of nitrogens with two attached hydrogens (primary N) is 1. The Morgan fingerprint density at radius 1 is 1.63 bits per heavy atom. The molecule has 7 heteroatoms. The molecule has 1 aromatic rings. The Bertz CT molecular complexity index is 499. The number of azide groups is 1. The number of rotatable bonds is 7. The van der Waals surface area contributed by atoms with Crippen molar-refractivity contribution in [2.24, 2.45) is 10.8 Å². The molecule has 0 bridgehead atoms. The van der Waals surface area contributed by atoms with Crippen molar-refractivity contribution in [2.45, 2.75) is 19.4 Å². The molecule has 1 unspecified atom stereocenters. The third-order valence-electron chi connectivity index (χ3n) is 2.66. The van der Waals surface area contributed by atoms with Crippen molar-refractivity contribution in [1.82, 2.24) is 5.32 Å². The number of halogens is 1. The average molecular weight is 265 g/mol. The number of hydrogen-bond donors (Lipinski definition) is 2. The van der Waals surface area contributed by atoms with Crippen LogP contribution in [0.5, 0.6) is 0 Å². The molecule has 0 spiro atoms. The second-order valence-corrected chi connectivity index (χ2v) is 4.11. The monoisotopic (exact) mass is 265 g/mol. The molecule has 0 aliphatic carbocycles. The van der Waals surface area contributed by atoms with E-state index in [-0.39, 0.29) is 5.82 Å². The second-order valence-electron chi connectivity index (χ2n) is 4.11. The lowest BCUT2D eigenvalue weighted by Gasteiger charge is -2.16. The molecular weight excluding hydrogens is 249 g/mol. The lowest BCUT2D eigenvalue weighted by molar-refractivity contribution is -0.120. The van der Waals surface area contributed by atoms with Crippen LogP contribution in [0.2, 0.25) is 0 Å². The number of amides is 1. The fraction of sp³-hybridized carbons (Fsp3) is 0.417. The van der Waals surface area contributed by atoms with Gasteiger partial charge in [0.05, 0.1) is 0 Å². The maximum atomic E-state index is 13.5. The van der Waals surface area contributed by atoms with Crippen LogP contribution in [0.15, 0.2) is 23.3 Å². The molecular formula is C12H16FN5O. The molecule has 1 aromatic carbocycles. The first-order chi connectivity index (χ1) is 9.06. The minimum absolute atomic E-state index is 0.331. The summed E-state index contributed by atoms with van der Waals surface area (Å²) in [7, 11) is 0. The lowest BCUT2D eigenvalue weighted by Crippen LogP contribution is -2.34. The highest BCUT2D eigenvalue weighted by Gasteiger charge is 2.17. The molecule has 0 radical (unpaired) electrons. The zero-order chi connectivity index (χ0) is 14.3. The summed E-state index contributed by atoms with van der Waals surface area (Å²) >= 11 is 0. The van der Waals surface area contributed by atoms with E-state index in [0.29, 0.717) is 30.6 Å². The second kappa shape index (κ2) is 7.35. The van der Waals surface area contributed by atoms with Crippen molar-refractivity contribution in [1.29, 1.82) is 0 Å². The number of carbonyl (C=O) groups is 1. The van der Waals surface area contributed by atoms with E-state index in [9.17, 15) is 9.18 Å². The van der Waals surface area contributed by atoms with Gasteiger partial charge in [0.25, 0.3) is 0 Å². The van der Waals surface area contributed by atoms with E-state index in [2.05, 4.69) is 15.3 Å². The van der Waals surface area contributed by atoms with E-state index >= 15 is 0 Å². The van der Waals surface area contributed by atoms with Crippen LogP contribution < -0.4 is 11.1 Å². The van der Waals surface area contributed by atoms with E-state index in [1.165, 1.54) is 6.07 Å². The van der Waals surface area contributed by atoms with Crippen molar-refractivity contribution >= 4 is 5.91 Å². The van der Waals surface area contributed by atoms with Crippen LogP contribution in [0.4, 0.5) is 4.39 Å². The van der Waals surface area contributed by atoms with Crippen LogP contribution in [0.1, 0.15) is 23.6 Å². The van der Waals surface area contributed by atoms with Gasteiger partial charge in [-0.05, 0) is 42.6 Å². The summed E-state index contributed by atoms with van der Waals surface area (Å²) in [5.74, 6) is -0.952. The Morgan fingerprint density at radius 2 is 2.37 bits per heavy atom. The highest BCUT2D eigenvalue weighted by atomic mass is 19.1. The van der Waals surface area contributed by atoms with Crippen molar-refractivity contribution < 1.29 is 9.18 Å². The van der Waals surface area contributed by atoms with Gasteiger partial charge in [-0.15, -0.1) is 0 Å². The van der Waals surface area contributed by atoms with E-state index < -0.39 is 11.9 Å². The third-order valence-corrected chi connectivity index (χ3v) is 2.66. The number of benzene rings is 1. The maximum Gasteiger partial charge on any atom is 0.239 e. The largest absolute Gasteiger partial charge is 0.368 e. The minimum Gasteiger partial charge on any atom is -0.368 e. The lowest BCUT2D eigenvalue weighted by atomic mass is 10.0. The van der Waals surface area contributed by atoms with Gasteiger partial charge in [0.15, 0.2) is 0 Å². The summed E-state index contributed by atoms with van der Waals surface area (Å²) in [6, 6.07) is 3.81. The Labute approximate surface area is 110 Å². The highest BCUT2D eigenvalue weighted by molar-refractivity contribution is 5.81. The van der Waals surface area contributed by atoms with Crippen LogP contribution in [0.25, 0.3) is 10.4 Å². The summed E-state index contributed by atoms with van der Waals surface area (Å²) in [4.78, 5) is 14.0. The highest BCUT2D eigenvalue weighted by Crippen LogP contribution is 2.16. The number of primary amides is 1. The topological polar surface area (TPSA) is 104 Å². The molecule has 3 N–H and O–H groups in total. The number of nitrogens with one attached hydrogen (secondary N) is 1. The molecule has 102 valence electrons. The van der Waals surface area contributed by atoms with Gasteiger partial charge < -0.3 is 11.1 Å². The van der Waals surface area contributed by atoms with Crippen molar-refractivity contribution in [3.63, 3.8) is 0 Å². The minimum atomic E-state index is -0.749. The van der Waals surface area contributed by atoms with Gasteiger partial charge in [0.1, 0.15) is 11.9 Å². The van der Waals surface area contributed by atoms with Gasteiger partial charge >= 0.3 is 0 Å². The zero-order valence-electron chi connectivity index (χ0n) is 10.6. The smallest absolute Gasteiger partial charge is 0.239 e. The van der Waals surface area contributed by atoms with Gasteiger partial charge in [-0.25, -0.2) is 4.39 Å². The predicted molar refractivity (Wildman–Crippen MR) is 69.7 cm³/mol. The van der Waals surface area contributed by atoms with E-state index in [1.807, 2.05) is 0 Å². The van der Waals surface area contributed by atoms with Gasteiger partial charge in [0, 0.05) is 11.5 Å². The molecule has 0 aliphatic heterocycles. The quantitative estimate of drug-likeness (QED) is 0.340. The van der Waals surface area contributed by atoms with E-state index in [1.54, 1.807) is 19.1 Å². The van der Waals surface area contributed by atoms with Crippen LogP contribution in [0.3, 0.4) is 0 Å². The molecule has 0 heterocycles. The van der Waals surface area contributed by atoms with E-state index in [4.69, 9.17) is 11.3 Å².